The number of carbonyl (C=O) groups is 2. The number of halogens is 1. The van der Waals surface area contributed by atoms with Crippen LogP contribution in [0.4, 0.5) is 17.1 Å². The average molecular weight is 356 g/mol. The highest BCUT2D eigenvalue weighted by Gasteiger charge is 2.12. The van der Waals surface area contributed by atoms with Crippen LogP contribution in [-0.2, 0) is 4.79 Å². The lowest BCUT2D eigenvalue weighted by Crippen LogP contribution is -2.21. The van der Waals surface area contributed by atoms with Gasteiger partial charge in [-0.1, -0.05) is 11.6 Å². The van der Waals surface area contributed by atoms with Gasteiger partial charge in [0, 0.05) is 23.1 Å². The van der Waals surface area contributed by atoms with E-state index in [1.54, 1.807) is 24.3 Å². The lowest BCUT2D eigenvalue weighted by molar-refractivity contribution is -0.112. The second-order valence-electron chi connectivity index (χ2n) is 4.96. The van der Waals surface area contributed by atoms with Gasteiger partial charge in [0.1, 0.15) is 11.6 Å². The molecule has 2 amide bonds. The van der Waals surface area contributed by atoms with E-state index in [1.807, 2.05) is 0 Å². The summed E-state index contributed by atoms with van der Waals surface area (Å²) < 4.78 is 0. The van der Waals surface area contributed by atoms with Crippen LogP contribution in [0.1, 0.15) is 10.4 Å². The number of nitriles is 1. The van der Waals surface area contributed by atoms with Crippen molar-refractivity contribution in [2.75, 3.05) is 16.8 Å². The molecule has 126 valence electrons. The first-order valence-corrected chi connectivity index (χ1v) is 7.41. The van der Waals surface area contributed by atoms with Gasteiger partial charge in [-0.3, -0.25) is 9.59 Å². The number of hydrogen-bond acceptors (Lipinski definition) is 5. The van der Waals surface area contributed by atoms with Gasteiger partial charge >= 0.3 is 0 Å². The van der Waals surface area contributed by atoms with Gasteiger partial charge in [-0.2, -0.15) is 5.26 Å². The third kappa shape index (κ3) is 4.73. The Morgan fingerprint density at radius 2 is 1.72 bits per heavy atom. The summed E-state index contributed by atoms with van der Waals surface area (Å²) in [5, 5.41) is 14.2. The number of nitrogens with two attached hydrogens (primary N) is 2. The Balaban J connectivity index is 2.08. The van der Waals surface area contributed by atoms with Gasteiger partial charge in [-0.25, -0.2) is 0 Å². The fourth-order valence-electron chi connectivity index (χ4n) is 1.83. The van der Waals surface area contributed by atoms with E-state index in [1.165, 1.54) is 24.3 Å². The molecule has 0 aromatic heterocycles. The number of amides is 2. The van der Waals surface area contributed by atoms with Gasteiger partial charge in [0.25, 0.3) is 11.8 Å². The zero-order chi connectivity index (χ0) is 18.4. The van der Waals surface area contributed by atoms with E-state index in [9.17, 15) is 9.59 Å². The molecule has 0 heterocycles. The zero-order valence-corrected chi connectivity index (χ0v) is 13.7. The van der Waals surface area contributed by atoms with E-state index < -0.39 is 11.8 Å². The molecular formula is C17H14ClN5O2. The average Bonchev–Trinajstić information content (AvgIpc) is 2.58. The predicted octanol–water partition coefficient (Wildman–Crippen LogP) is 2.28. The molecule has 0 radical (unpaired) electrons. The molecule has 0 fully saturated rings. The van der Waals surface area contributed by atoms with E-state index in [0.717, 1.165) is 6.20 Å². The Morgan fingerprint density at radius 1 is 1.08 bits per heavy atom. The molecule has 25 heavy (non-hydrogen) atoms. The van der Waals surface area contributed by atoms with Crippen molar-refractivity contribution in [2.24, 2.45) is 0 Å². The summed E-state index contributed by atoms with van der Waals surface area (Å²) in [6, 6.07) is 12.4. The van der Waals surface area contributed by atoms with Crippen LogP contribution in [0.2, 0.25) is 5.02 Å². The number of nitrogens with zero attached hydrogens (tertiary/aromatic N) is 1. The van der Waals surface area contributed by atoms with Crippen LogP contribution in [0.3, 0.4) is 0 Å². The summed E-state index contributed by atoms with van der Waals surface area (Å²) in [5.74, 6) is -1.20. The Hall–Kier alpha value is -3.50. The van der Waals surface area contributed by atoms with E-state index >= 15 is 0 Å². The quantitative estimate of drug-likeness (QED) is 0.379. The van der Waals surface area contributed by atoms with Crippen LogP contribution in [0.5, 0.6) is 0 Å². The van der Waals surface area contributed by atoms with Crippen molar-refractivity contribution in [2.45, 2.75) is 0 Å². The molecule has 0 saturated carbocycles. The van der Waals surface area contributed by atoms with Crippen LogP contribution in [0.25, 0.3) is 0 Å². The molecule has 0 unspecified atom stereocenters. The minimum Gasteiger partial charge on any atom is -0.399 e. The number of nitrogens with one attached hydrogen (secondary N) is 2. The Bertz CT molecular complexity index is 885. The molecule has 0 aliphatic carbocycles. The Kier molecular flexibility index (Phi) is 5.61. The van der Waals surface area contributed by atoms with E-state index in [0.29, 0.717) is 22.6 Å². The monoisotopic (exact) mass is 355 g/mol. The highest BCUT2D eigenvalue weighted by molar-refractivity contribution is 6.34. The molecule has 0 aliphatic heterocycles. The number of rotatable bonds is 4. The smallest absolute Gasteiger partial charge is 0.267 e. The maximum atomic E-state index is 12.1. The number of nitrogen functional groups attached to an aromatic ring is 2. The lowest BCUT2D eigenvalue weighted by Gasteiger charge is -2.07. The fraction of sp³-hybridized carbons (Fsp3) is 0. The van der Waals surface area contributed by atoms with E-state index in [4.69, 9.17) is 28.3 Å². The van der Waals surface area contributed by atoms with Crippen molar-refractivity contribution < 1.29 is 9.59 Å². The first-order chi connectivity index (χ1) is 11.9. The molecule has 0 saturated heterocycles. The molecule has 0 atom stereocenters. The van der Waals surface area contributed by atoms with Gasteiger partial charge in [0.05, 0.1) is 10.7 Å². The minimum absolute atomic E-state index is 0.233. The second kappa shape index (κ2) is 7.86. The number of hydrogen-bond donors (Lipinski definition) is 4. The van der Waals surface area contributed by atoms with Gasteiger partial charge in [0.15, 0.2) is 0 Å². The summed E-state index contributed by atoms with van der Waals surface area (Å²) in [6.07, 6.45) is 1.03. The Morgan fingerprint density at radius 3 is 2.32 bits per heavy atom. The number of benzene rings is 2. The lowest BCUT2D eigenvalue weighted by atomic mass is 10.2. The van der Waals surface area contributed by atoms with Gasteiger partial charge in [-0.05, 0) is 42.5 Å². The summed E-state index contributed by atoms with van der Waals surface area (Å²) in [5.41, 5.74) is 12.4. The summed E-state index contributed by atoms with van der Waals surface area (Å²) in [7, 11) is 0. The molecule has 8 heteroatoms. The van der Waals surface area contributed by atoms with Crippen molar-refractivity contribution in [3.05, 3.63) is 64.8 Å². The maximum Gasteiger partial charge on any atom is 0.267 e. The number of carbonyl (C=O) groups excluding carboxylic acids is 2. The highest BCUT2D eigenvalue weighted by Crippen LogP contribution is 2.24. The third-order valence-electron chi connectivity index (χ3n) is 3.13. The SMILES string of the molecule is N#C/C(=C/NC(=O)c1ccc(N)cc1)C(=O)Nc1ccc(N)cc1Cl. The topological polar surface area (TPSA) is 134 Å². The summed E-state index contributed by atoms with van der Waals surface area (Å²) >= 11 is 5.96. The van der Waals surface area contributed by atoms with Crippen molar-refractivity contribution in [1.82, 2.24) is 5.32 Å². The molecule has 2 rings (SSSR count). The standard InChI is InChI=1S/C17H14ClN5O2/c18-14-7-13(21)5-6-15(14)23-17(25)11(8-19)9-22-16(24)10-1-3-12(20)4-2-10/h1-7,9H,20-21H2,(H,22,24)(H,23,25)/b11-9-. The third-order valence-corrected chi connectivity index (χ3v) is 3.44. The van der Waals surface area contributed by atoms with Crippen LogP contribution in [0, 0.1) is 11.3 Å². The molecule has 6 N–H and O–H groups in total. The molecule has 2 aromatic rings. The predicted molar refractivity (Wildman–Crippen MR) is 96.5 cm³/mol. The van der Waals surface area contributed by atoms with Crippen LogP contribution >= 0.6 is 11.6 Å². The second-order valence-corrected chi connectivity index (χ2v) is 5.37. The van der Waals surface area contributed by atoms with Crippen molar-refractivity contribution in [3.8, 4) is 6.07 Å². The number of anilines is 3. The first-order valence-electron chi connectivity index (χ1n) is 7.03. The fourth-order valence-corrected chi connectivity index (χ4v) is 2.06. The first kappa shape index (κ1) is 17.8. The molecule has 7 nitrogen and oxygen atoms in total. The highest BCUT2D eigenvalue weighted by atomic mass is 35.5. The largest absolute Gasteiger partial charge is 0.399 e. The molecular weight excluding hydrogens is 342 g/mol. The Labute approximate surface area is 148 Å². The minimum atomic E-state index is -0.716. The summed E-state index contributed by atoms with van der Waals surface area (Å²) in [4.78, 5) is 24.1. The maximum absolute atomic E-state index is 12.1. The van der Waals surface area contributed by atoms with Crippen LogP contribution < -0.4 is 22.1 Å². The summed E-state index contributed by atoms with van der Waals surface area (Å²) in [6.45, 7) is 0. The molecule has 0 spiro atoms. The van der Waals surface area contributed by atoms with Gasteiger partial charge < -0.3 is 22.1 Å². The van der Waals surface area contributed by atoms with Crippen LogP contribution in [0.15, 0.2) is 54.2 Å². The van der Waals surface area contributed by atoms with Gasteiger partial charge in [-0.15, -0.1) is 0 Å². The molecule has 0 aliphatic rings. The van der Waals surface area contributed by atoms with Gasteiger partial charge in [0.2, 0.25) is 0 Å². The molecule has 0 bridgehead atoms. The zero-order valence-electron chi connectivity index (χ0n) is 12.9. The normalized spacial score (nSPS) is 10.6. The van der Waals surface area contributed by atoms with Crippen molar-refractivity contribution in [3.63, 3.8) is 0 Å². The van der Waals surface area contributed by atoms with Crippen molar-refractivity contribution in [1.29, 1.82) is 5.26 Å². The van der Waals surface area contributed by atoms with E-state index in [2.05, 4.69) is 10.6 Å². The van der Waals surface area contributed by atoms with E-state index in [-0.39, 0.29) is 10.6 Å². The van der Waals surface area contributed by atoms with Crippen molar-refractivity contribution >= 4 is 40.5 Å². The molecule has 2 aromatic carbocycles. The van der Waals surface area contributed by atoms with Crippen LogP contribution in [-0.4, -0.2) is 11.8 Å².